The van der Waals surface area contributed by atoms with Gasteiger partial charge >= 0.3 is 0 Å². The van der Waals surface area contributed by atoms with Crippen LogP contribution in [0.25, 0.3) is 16.8 Å². The molecule has 3 N–H and O–H groups in total. The van der Waals surface area contributed by atoms with E-state index in [-0.39, 0.29) is 11.2 Å². The van der Waals surface area contributed by atoms with E-state index in [1.165, 1.54) is 5.39 Å². The van der Waals surface area contributed by atoms with Crippen molar-refractivity contribution >= 4 is 57.2 Å². The fourth-order valence-electron chi connectivity index (χ4n) is 3.24. The zero-order chi connectivity index (χ0) is 18.8. The van der Waals surface area contributed by atoms with Crippen LogP contribution in [-0.2, 0) is 0 Å². The van der Waals surface area contributed by atoms with E-state index in [0.29, 0.717) is 5.11 Å². The van der Waals surface area contributed by atoms with Crippen molar-refractivity contribution in [3.8, 4) is 0 Å². The monoisotopic (exact) mass is 389 g/mol. The van der Waals surface area contributed by atoms with Gasteiger partial charge in [-0.1, -0.05) is 66.7 Å². The molecule has 4 nitrogen and oxygen atoms in total. The number of nitrogens with one attached hydrogen (secondary N) is 3. The third-order valence-electron chi connectivity index (χ3n) is 4.50. The Balaban J connectivity index is 1.51. The normalized spacial score (nSPS) is 14.6. The number of rotatable bonds is 2. The van der Waals surface area contributed by atoms with E-state index in [1.54, 1.807) is 5.01 Å². The minimum atomic E-state index is -0.164. The van der Waals surface area contributed by atoms with Crippen molar-refractivity contribution in [1.82, 2.24) is 16.2 Å². The summed E-state index contributed by atoms with van der Waals surface area (Å²) in [4.78, 5) is 0. The summed E-state index contributed by atoms with van der Waals surface area (Å²) in [7, 11) is 0. The van der Waals surface area contributed by atoms with Gasteiger partial charge in [-0.2, -0.15) is 0 Å². The first-order valence-electron chi connectivity index (χ1n) is 8.50. The van der Waals surface area contributed by atoms with E-state index in [4.69, 9.17) is 30.2 Å². The minimum absolute atomic E-state index is 0.0241. The van der Waals surface area contributed by atoms with Gasteiger partial charge in [-0.15, -0.1) is 0 Å². The average Bonchev–Trinajstić information content (AvgIpc) is 3.09. The molecule has 0 fully saturated rings. The van der Waals surface area contributed by atoms with Gasteiger partial charge in [0.25, 0.3) is 0 Å². The van der Waals surface area contributed by atoms with E-state index in [1.807, 2.05) is 66.7 Å². The van der Waals surface area contributed by atoms with Gasteiger partial charge in [0.2, 0.25) is 5.11 Å². The van der Waals surface area contributed by atoms with E-state index in [9.17, 15) is 0 Å². The van der Waals surface area contributed by atoms with Gasteiger partial charge in [0.05, 0.1) is 6.04 Å². The second-order valence-corrected chi connectivity index (χ2v) is 7.03. The molecule has 27 heavy (non-hydrogen) atoms. The lowest BCUT2D eigenvalue weighted by Crippen LogP contribution is -2.48. The second kappa shape index (κ2) is 7.34. The Hall–Kier alpha value is -2.96. The summed E-state index contributed by atoms with van der Waals surface area (Å²) in [6, 6.07) is 22.1. The minimum Gasteiger partial charge on any atom is -0.331 e. The van der Waals surface area contributed by atoms with E-state index in [0.717, 1.165) is 22.2 Å². The van der Waals surface area contributed by atoms with Crippen molar-refractivity contribution in [3.05, 3.63) is 83.9 Å². The molecule has 1 aliphatic carbocycles. The number of benzene rings is 3. The lowest BCUT2D eigenvalue weighted by atomic mass is 10.1. The van der Waals surface area contributed by atoms with Gasteiger partial charge in [-0.3, -0.25) is 11.2 Å². The van der Waals surface area contributed by atoms with Crippen LogP contribution in [-0.4, -0.2) is 15.2 Å². The lowest BCUT2D eigenvalue weighted by Gasteiger charge is -2.30. The van der Waals surface area contributed by atoms with Crippen molar-refractivity contribution in [2.45, 2.75) is 6.04 Å². The van der Waals surface area contributed by atoms with Crippen LogP contribution < -0.4 is 16.5 Å². The standard InChI is InChI=1S/C21H17N4S2/c22-20(26)25(19-12-10-15-6-3-4-8-18(15)19)24-21(27)23-17-11-9-14-5-1-2-7-16(14)13-17/h1-13,19,22H,(H2,23,24,27). The lowest BCUT2D eigenvalue weighted by molar-refractivity contribution is 0.331. The summed E-state index contributed by atoms with van der Waals surface area (Å²) >= 11 is 10.6. The van der Waals surface area contributed by atoms with Crippen molar-refractivity contribution in [2.24, 2.45) is 0 Å². The molecule has 1 unspecified atom stereocenters. The number of hydrogen-bond acceptors (Lipinski definition) is 2. The first-order chi connectivity index (χ1) is 13.1. The molecule has 3 aromatic carbocycles. The van der Waals surface area contributed by atoms with Crippen LogP contribution in [0.4, 0.5) is 5.69 Å². The van der Waals surface area contributed by atoms with Crippen molar-refractivity contribution < 1.29 is 0 Å². The molecule has 4 rings (SSSR count). The first-order valence-corrected chi connectivity index (χ1v) is 9.32. The van der Waals surface area contributed by atoms with Crippen LogP contribution in [0.1, 0.15) is 17.2 Å². The van der Waals surface area contributed by atoms with Gasteiger partial charge in [0.15, 0.2) is 5.11 Å². The molecule has 0 saturated heterocycles. The molecule has 1 atom stereocenters. The van der Waals surface area contributed by atoms with Crippen molar-refractivity contribution in [3.63, 3.8) is 0 Å². The van der Waals surface area contributed by atoms with Crippen LogP contribution in [0.3, 0.4) is 0 Å². The first kappa shape index (κ1) is 17.5. The summed E-state index contributed by atoms with van der Waals surface area (Å²) in [5.74, 6) is 0. The molecule has 1 radical (unpaired) electrons. The molecular weight excluding hydrogens is 372 g/mol. The molecule has 6 heteroatoms. The Labute approximate surface area is 168 Å². The molecule has 0 amide bonds. The maximum atomic E-state index is 8.00. The molecule has 0 spiro atoms. The van der Waals surface area contributed by atoms with Crippen LogP contribution >= 0.6 is 24.4 Å². The maximum Gasteiger partial charge on any atom is 0.207 e. The SMILES string of the molecule is [NH]C(=S)N(NC(=S)Nc1ccc2ccccc2c1)C1C=Cc2ccccc21. The summed E-state index contributed by atoms with van der Waals surface area (Å²) in [5.41, 5.74) is 14.2. The fraction of sp³-hybridized carbons (Fsp3) is 0.0476. The number of hydrogen-bond donors (Lipinski definition) is 2. The third kappa shape index (κ3) is 3.63. The summed E-state index contributed by atoms with van der Waals surface area (Å²) in [5, 5.41) is 7.43. The van der Waals surface area contributed by atoms with Crippen LogP contribution in [0, 0.1) is 0 Å². The Morgan fingerprint density at radius 3 is 2.48 bits per heavy atom. The molecule has 0 aromatic heterocycles. The third-order valence-corrected chi connectivity index (χ3v) is 4.89. The number of nitrogens with zero attached hydrogens (tertiary/aromatic N) is 1. The molecule has 1 aliphatic rings. The molecule has 0 bridgehead atoms. The Bertz CT molecular complexity index is 1060. The largest absolute Gasteiger partial charge is 0.331 e. The number of fused-ring (bicyclic) bond motifs is 2. The highest BCUT2D eigenvalue weighted by Crippen LogP contribution is 2.31. The van der Waals surface area contributed by atoms with Gasteiger partial charge in [0, 0.05) is 5.69 Å². The van der Waals surface area contributed by atoms with Crippen LogP contribution in [0.2, 0.25) is 0 Å². The van der Waals surface area contributed by atoms with Crippen LogP contribution in [0.15, 0.2) is 72.8 Å². The van der Waals surface area contributed by atoms with Gasteiger partial charge < -0.3 is 5.32 Å². The molecule has 3 aromatic rings. The second-order valence-electron chi connectivity index (χ2n) is 6.24. The Morgan fingerprint density at radius 2 is 1.67 bits per heavy atom. The van der Waals surface area contributed by atoms with Gasteiger partial charge in [-0.25, -0.2) is 5.01 Å². The maximum absolute atomic E-state index is 8.00. The van der Waals surface area contributed by atoms with E-state index in [2.05, 4.69) is 22.9 Å². The highest BCUT2D eigenvalue weighted by Gasteiger charge is 2.25. The highest BCUT2D eigenvalue weighted by molar-refractivity contribution is 7.80. The molecule has 0 aliphatic heterocycles. The molecule has 0 heterocycles. The zero-order valence-corrected chi connectivity index (χ0v) is 16.0. The number of hydrazine groups is 1. The number of thiocarbonyl (C=S) groups is 2. The van der Waals surface area contributed by atoms with Crippen molar-refractivity contribution in [2.75, 3.05) is 5.32 Å². The summed E-state index contributed by atoms with van der Waals surface area (Å²) < 4.78 is 0. The molecule has 133 valence electrons. The van der Waals surface area contributed by atoms with Crippen LogP contribution in [0.5, 0.6) is 0 Å². The smallest absolute Gasteiger partial charge is 0.207 e. The van der Waals surface area contributed by atoms with Gasteiger partial charge in [0.1, 0.15) is 0 Å². The molecule has 0 saturated carbocycles. The Morgan fingerprint density at radius 1 is 0.926 bits per heavy atom. The number of anilines is 1. The van der Waals surface area contributed by atoms with E-state index >= 15 is 0 Å². The highest BCUT2D eigenvalue weighted by atomic mass is 32.1. The van der Waals surface area contributed by atoms with Crippen molar-refractivity contribution in [1.29, 1.82) is 0 Å². The fourth-order valence-corrected chi connectivity index (χ4v) is 3.61. The average molecular weight is 390 g/mol. The predicted octanol–water partition coefficient (Wildman–Crippen LogP) is 4.68. The summed E-state index contributed by atoms with van der Waals surface area (Å²) in [6.45, 7) is 0. The predicted molar refractivity (Wildman–Crippen MR) is 119 cm³/mol. The zero-order valence-electron chi connectivity index (χ0n) is 14.3. The Kier molecular flexibility index (Phi) is 4.75. The van der Waals surface area contributed by atoms with Gasteiger partial charge in [-0.05, 0) is 58.5 Å². The quantitative estimate of drug-likeness (QED) is 0.492. The van der Waals surface area contributed by atoms with E-state index < -0.39 is 0 Å². The summed E-state index contributed by atoms with van der Waals surface area (Å²) in [6.07, 6.45) is 4.05. The molecular formula is C21H17N4S2. The topological polar surface area (TPSA) is 51.1 Å².